The van der Waals surface area contributed by atoms with Gasteiger partial charge in [0.25, 0.3) is 0 Å². The topological polar surface area (TPSA) is 13.1 Å². The van der Waals surface area contributed by atoms with E-state index in [4.69, 9.17) is 4.42 Å². The molecule has 1 heterocycles. The summed E-state index contributed by atoms with van der Waals surface area (Å²) in [6.07, 6.45) is 0. The second-order valence-electron chi connectivity index (χ2n) is 12.4. The Bertz CT molecular complexity index is 2710. The second-order valence-corrected chi connectivity index (χ2v) is 12.4. The normalized spacial score (nSPS) is 11.8. The van der Waals surface area contributed by atoms with Crippen molar-refractivity contribution in [3.05, 3.63) is 170 Å². The molecule has 218 valence electrons. The Morgan fingerprint density at radius 3 is 1.60 bits per heavy atom. The lowest BCUT2D eigenvalue weighted by Crippen LogP contribution is -1.92. The van der Waals surface area contributed by atoms with Crippen LogP contribution in [0.25, 0.3) is 98.8 Å². The van der Waals surface area contributed by atoms with Crippen molar-refractivity contribution in [2.75, 3.05) is 0 Å². The summed E-state index contributed by atoms with van der Waals surface area (Å²) in [5.74, 6) is 0. The zero-order valence-electron chi connectivity index (χ0n) is 25.6. The van der Waals surface area contributed by atoms with Gasteiger partial charge in [-0.15, -0.1) is 0 Å². The molecular weight excluding hydrogens is 569 g/mol. The minimum absolute atomic E-state index is 0.931. The van der Waals surface area contributed by atoms with E-state index in [2.05, 4.69) is 170 Å². The van der Waals surface area contributed by atoms with Crippen molar-refractivity contribution in [2.45, 2.75) is 0 Å². The lowest BCUT2D eigenvalue weighted by Gasteiger charge is -2.19. The number of furan rings is 1. The molecule has 0 N–H and O–H groups in total. The van der Waals surface area contributed by atoms with Crippen LogP contribution in [-0.2, 0) is 0 Å². The van der Waals surface area contributed by atoms with E-state index in [-0.39, 0.29) is 0 Å². The van der Waals surface area contributed by atoms with E-state index in [0.29, 0.717) is 0 Å². The van der Waals surface area contributed by atoms with Crippen LogP contribution in [0.5, 0.6) is 0 Å². The molecule has 0 fully saturated rings. The molecule has 1 heteroatoms. The second kappa shape index (κ2) is 10.2. The fourth-order valence-electron chi connectivity index (χ4n) is 7.79. The van der Waals surface area contributed by atoms with Crippen LogP contribution in [0.15, 0.2) is 174 Å². The minimum atomic E-state index is 0.931. The highest BCUT2D eigenvalue weighted by molar-refractivity contribution is 6.31. The number of hydrogen-bond acceptors (Lipinski definition) is 1. The molecule has 0 aliphatic carbocycles. The molecule has 0 spiro atoms. The van der Waals surface area contributed by atoms with Crippen molar-refractivity contribution in [3.8, 4) is 44.5 Å². The Hall–Kier alpha value is -6.18. The molecule has 47 heavy (non-hydrogen) atoms. The summed E-state index contributed by atoms with van der Waals surface area (Å²) >= 11 is 0. The molecule has 0 radical (unpaired) electrons. The molecule has 0 aliphatic heterocycles. The Labute approximate surface area is 272 Å². The molecule has 0 unspecified atom stereocenters. The van der Waals surface area contributed by atoms with E-state index in [0.717, 1.165) is 22.3 Å². The van der Waals surface area contributed by atoms with Crippen molar-refractivity contribution in [1.82, 2.24) is 0 Å². The van der Waals surface area contributed by atoms with E-state index < -0.39 is 0 Å². The fourth-order valence-corrected chi connectivity index (χ4v) is 7.79. The zero-order valence-corrected chi connectivity index (χ0v) is 25.6. The van der Waals surface area contributed by atoms with E-state index in [9.17, 15) is 0 Å². The van der Waals surface area contributed by atoms with E-state index in [1.807, 2.05) is 0 Å². The Morgan fingerprint density at radius 1 is 0.319 bits per heavy atom. The van der Waals surface area contributed by atoms with Gasteiger partial charge in [0.2, 0.25) is 0 Å². The molecule has 0 amide bonds. The van der Waals surface area contributed by atoms with Crippen LogP contribution in [0.3, 0.4) is 0 Å². The molecule has 10 aromatic rings. The maximum Gasteiger partial charge on any atom is 0.143 e. The van der Waals surface area contributed by atoms with Crippen molar-refractivity contribution in [1.29, 1.82) is 0 Å². The molecule has 0 saturated heterocycles. The van der Waals surface area contributed by atoms with Gasteiger partial charge >= 0.3 is 0 Å². The summed E-state index contributed by atoms with van der Waals surface area (Å²) in [6, 6.07) is 61.4. The van der Waals surface area contributed by atoms with Gasteiger partial charge in [0.15, 0.2) is 0 Å². The standard InChI is InChI=1S/C46H28O/c1-3-13-29(14-4-1)31-17-11-18-32(27-31)42-35-20-7-9-22-37(35)44(38-23-10-8-21-36(38)42)40-28-33-19-12-24-41-43(33)45-39(40)26-25-34(46(45)47-41)30-15-5-2-6-16-30/h1-28H. The summed E-state index contributed by atoms with van der Waals surface area (Å²) < 4.78 is 6.69. The molecular formula is C46H28O. The molecule has 0 atom stereocenters. The maximum absolute atomic E-state index is 6.69. The van der Waals surface area contributed by atoms with Crippen LogP contribution >= 0.6 is 0 Å². The average Bonchev–Trinajstić information content (AvgIpc) is 3.54. The van der Waals surface area contributed by atoms with E-state index in [1.165, 1.54) is 76.5 Å². The molecule has 0 saturated carbocycles. The first-order valence-electron chi connectivity index (χ1n) is 16.2. The van der Waals surface area contributed by atoms with Gasteiger partial charge in [-0.25, -0.2) is 0 Å². The number of hydrogen-bond donors (Lipinski definition) is 0. The Morgan fingerprint density at radius 2 is 0.894 bits per heavy atom. The van der Waals surface area contributed by atoms with Crippen molar-refractivity contribution in [2.24, 2.45) is 0 Å². The van der Waals surface area contributed by atoms with Crippen LogP contribution in [0.2, 0.25) is 0 Å². The van der Waals surface area contributed by atoms with Gasteiger partial charge in [0.1, 0.15) is 11.2 Å². The number of benzene rings is 9. The lowest BCUT2D eigenvalue weighted by atomic mass is 9.83. The highest BCUT2D eigenvalue weighted by Gasteiger charge is 2.23. The van der Waals surface area contributed by atoms with Crippen molar-refractivity contribution < 1.29 is 4.42 Å². The number of fused-ring (bicyclic) bond motifs is 2. The molecule has 0 bridgehead atoms. The first-order chi connectivity index (χ1) is 23.3. The SMILES string of the molecule is c1ccc(-c2cccc(-c3c4ccccc4c(-c4cc5cccc6oc7c(-c8ccccc8)ccc4c7c56)c4ccccc34)c2)cc1. The van der Waals surface area contributed by atoms with Crippen LogP contribution in [0, 0.1) is 0 Å². The smallest absolute Gasteiger partial charge is 0.143 e. The number of rotatable bonds is 4. The third-order valence-electron chi connectivity index (χ3n) is 9.81. The lowest BCUT2D eigenvalue weighted by molar-refractivity contribution is 0.670. The summed E-state index contributed by atoms with van der Waals surface area (Å²) in [5.41, 5.74) is 11.6. The van der Waals surface area contributed by atoms with Gasteiger partial charge in [-0.2, -0.15) is 0 Å². The van der Waals surface area contributed by atoms with Gasteiger partial charge in [-0.1, -0.05) is 146 Å². The molecule has 1 aromatic heterocycles. The van der Waals surface area contributed by atoms with Crippen LogP contribution in [0.1, 0.15) is 0 Å². The first kappa shape index (κ1) is 26.1. The predicted molar refractivity (Wildman–Crippen MR) is 199 cm³/mol. The monoisotopic (exact) mass is 596 g/mol. The third-order valence-corrected chi connectivity index (χ3v) is 9.81. The van der Waals surface area contributed by atoms with E-state index in [1.54, 1.807) is 0 Å². The summed E-state index contributed by atoms with van der Waals surface area (Å²) in [5, 5.41) is 9.80. The Kier molecular flexibility index (Phi) is 5.64. The van der Waals surface area contributed by atoms with Crippen molar-refractivity contribution in [3.63, 3.8) is 0 Å². The van der Waals surface area contributed by atoms with Crippen LogP contribution in [0.4, 0.5) is 0 Å². The zero-order chi connectivity index (χ0) is 30.9. The predicted octanol–water partition coefficient (Wildman–Crippen LogP) is 13.2. The van der Waals surface area contributed by atoms with Gasteiger partial charge in [-0.3, -0.25) is 0 Å². The van der Waals surface area contributed by atoms with Crippen LogP contribution < -0.4 is 0 Å². The summed E-state index contributed by atoms with van der Waals surface area (Å²) in [7, 11) is 0. The molecule has 1 nitrogen and oxygen atoms in total. The van der Waals surface area contributed by atoms with Crippen molar-refractivity contribution >= 4 is 54.3 Å². The fraction of sp³-hybridized carbons (Fsp3) is 0. The highest BCUT2D eigenvalue weighted by atomic mass is 16.3. The maximum atomic E-state index is 6.69. The first-order valence-corrected chi connectivity index (χ1v) is 16.2. The largest absolute Gasteiger partial charge is 0.455 e. The Balaban J connectivity index is 1.32. The van der Waals surface area contributed by atoms with Crippen LogP contribution in [-0.4, -0.2) is 0 Å². The quantitative estimate of drug-likeness (QED) is 0.145. The highest BCUT2D eigenvalue weighted by Crippen LogP contribution is 2.50. The van der Waals surface area contributed by atoms with Gasteiger partial charge in [-0.05, 0) is 95.5 Å². The van der Waals surface area contributed by atoms with E-state index >= 15 is 0 Å². The van der Waals surface area contributed by atoms with Gasteiger partial charge in [0.05, 0.1) is 0 Å². The third kappa shape index (κ3) is 3.90. The summed E-state index contributed by atoms with van der Waals surface area (Å²) in [4.78, 5) is 0. The molecule has 10 rings (SSSR count). The minimum Gasteiger partial charge on any atom is -0.455 e. The molecule has 9 aromatic carbocycles. The van der Waals surface area contributed by atoms with Gasteiger partial charge in [0, 0.05) is 16.3 Å². The molecule has 0 aliphatic rings. The summed E-state index contributed by atoms with van der Waals surface area (Å²) in [6.45, 7) is 0. The van der Waals surface area contributed by atoms with Gasteiger partial charge < -0.3 is 4.42 Å². The average molecular weight is 597 g/mol.